The lowest BCUT2D eigenvalue weighted by Gasteiger charge is -2.18. The number of nitrogens with zero attached hydrogens (tertiary/aromatic N) is 1. The molecule has 2 unspecified atom stereocenters. The molecule has 2 N–H and O–H groups in total. The molecule has 0 saturated carbocycles. The normalized spacial score (nSPS) is 22.7. The molecular formula is C13H16BrNO4. The molecule has 0 bridgehead atoms. The summed E-state index contributed by atoms with van der Waals surface area (Å²) in [5.41, 5.74) is 1.04. The fraction of sp³-hybridized carbons (Fsp3) is 0.462. The van der Waals surface area contributed by atoms with Gasteiger partial charge in [0, 0.05) is 4.47 Å². The molecule has 1 aliphatic rings. The van der Waals surface area contributed by atoms with Gasteiger partial charge in [0.15, 0.2) is 0 Å². The molecule has 0 spiro atoms. The van der Waals surface area contributed by atoms with Gasteiger partial charge in [0.2, 0.25) is 0 Å². The van der Waals surface area contributed by atoms with Crippen LogP contribution in [0.15, 0.2) is 28.7 Å². The zero-order valence-corrected chi connectivity index (χ0v) is 11.9. The van der Waals surface area contributed by atoms with Crippen LogP contribution < -0.4 is 0 Å². The average Bonchev–Trinajstić information content (AvgIpc) is 2.81. The second-order valence-electron chi connectivity index (χ2n) is 4.57. The number of aliphatic hydroxyl groups excluding tert-OH is 1. The van der Waals surface area contributed by atoms with Crippen LogP contribution in [0.3, 0.4) is 0 Å². The fourth-order valence-corrected chi connectivity index (χ4v) is 2.46. The maximum Gasteiger partial charge on any atom is 0.407 e. The molecule has 19 heavy (non-hydrogen) atoms. The fourth-order valence-electron chi connectivity index (χ4n) is 2.20. The number of carbonyl (C=O) groups is 1. The highest BCUT2D eigenvalue weighted by Gasteiger charge is 2.35. The minimum Gasteiger partial charge on any atom is -0.465 e. The van der Waals surface area contributed by atoms with Gasteiger partial charge >= 0.3 is 6.09 Å². The van der Waals surface area contributed by atoms with Gasteiger partial charge < -0.3 is 19.8 Å². The molecule has 1 aromatic carbocycles. The van der Waals surface area contributed by atoms with Crippen LogP contribution in [-0.2, 0) is 11.3 Å². The molecule has 1 fully saturated rings. The molecule has 2 atom stereocenters. The van der Waals surface area contributed by atoms with Crippen LogP contribution in [0.25, 0.3) is 0 Å². The summed E-state index contributed by atoms with van der Waals surface area (Å²) in [5.74, 6) is 0. The lowest BCUT2D eigenvalue weighted by Crippen LogP contribution is -2.36. The quantitative estimate of drug-likeness (QED) is 0.887. The first-order valence-electron chi connectivity index (χ1n) is 6.06. The Morgan fingerprint density at radius 3 is 2.63 bits per heavy atom. The summed E-state index contributed by atoms with van der Waals surface area (Å²) in [6.45, 7) is 0.602. The molecule has 104 valence electrons. The predicted molar refractivity (Wildman–Crippen MR) is 72.9 cm³/mol. The number of halogens is 1. The van der Waals surface area contributed by atoms with E-state index >= 15 is 0 Å². The number of carboxylic acid groups (broad SMARTS) is 1. The molecule has 6 heteroatoms. The van der Waals surface area contributed by atoms with Gasteiger partial charge in [0.05, 0.1) is 31.9 Å². The van der Waals surface area contributed by atoms with Crippen molar-refractivity contribution in [1.82, 2.24) is 4.90 Å². The van der Waals surface area contributed by atoms with E-state index in [1.165, 1.54) is 4.90 Å². The number of rotatable bonds is 4. The van der Waals surface area contributed by atoms with Crippen molar-refractivity contribution >= 4 is 22.0 Å². The van der Waals surface area contributed by atoms with Crippen molar-refractivity contribution in [2.45, 2.75) is 25.2 Å². The van der Waals surface area contributed by atoms with E-state index in [-0.39, 0.29) is 18.8 Å². The van der Waals surface area contributed by atoms with Crippen molar-refractivity contribution in [2.75, 3.05) is 13.2 Å². The molecule has 2 rings (SSSR count). The minimum absolute atomic E-state index is 0.156. The Kier molecular flexibility index (Phi) is 4.79. The van der Waals surface area contributed by atoms with Gasteiger partial charge in [-0.25, -0.2) is 4.79 Å². The Balaban J connectivity index is 1.87. The summed E-state index contributed by atoms with van der Waals surface area (Å²) in [4.78, 5) is 12.2. The highest BCUT2D eigenvalue weighted by atomic mass is 79.9. The number of hydrogen-bond acceptors (Lipinski definition) is 3. The maximum atomic E-state index is 11.0. The van der Waals surface area contributed by atoms with E-state index in [0.29, 0.717) is 19.6 Å². The summed E-state index contributed by atoms with van der Waals surface area (Å²) < 4.78 is 6.72. The number of benzene rings is 1. The summed E-state index contributed by atoms with van der Waals surface area (Å²) in [6.07, 6.45) is -0.620. The molecule has 0 aromatic heterocycles. The summed E-state index contributed by atoms with van der Waals surface area (Å²) in [6, 6.07) is 7.43. The zero-order valence-electron chi connectivity index (χ0n) is 10.3. The Hall–Kier alpha value is -1.11. The lowest BCUT2D eigenvalue weighted by molar-refractivity contribution is 0.0464. The maximum absolute atomic E-state index is 11.0. The number of aliphatic hydroxyl groups is 1. The van der Waals surface area contributed by atoms with Crippen molar-refractivity contribution < 1.29 is 19.7 Å². The van der Waals surface area contributed by atoms with E-state index in [4.69, 9.17) is 14.9 Å². The first-order chi connectivity index (χ1) is 9.10. The standard InChI is InChI=1S/C13H16BrNO4/c14-10-3-1-9(2-4-10)8-19-12-5-11(7-16)15(6-12)13(17)18/h1-4,11-12,16H,5-8H2,(H,17,18). The monoisotopic (exact) mass is 329 g/mol. The first-order valence-corrected chi connectivity index (χ1v) is 6.86. The van der Waals surface area contributed by atoms with Gasteiger partial charge in [-0.2, -0.15) is 0 Å². The number of likely N-dealkylation sites (tertiary alicyclic amines) is 1. The zero-order chi connectivity index (χ0) is 13.8. The molecule has 5 nitrogen and oxygen atoms in total. The van der Waals surface area contributed by atoms with Crippen molar-refractivity contribution in [3.8, 4) is 0 Å². The van der Waals surface area contributed by atoms with E-state index in [2.05, 4.69) is 15.9 Å². The second-order valence-corrected chi connectivity index (χ2v) is 5.48. The SMILES string of the molecule is O=C(O)N1CC(OCc2ccc(Br)cc2)CC1CO. The van der Waals surface area contributed by atoms with Crippen molar-refractivity contribution in [2.24, 2.45) is 0 Å². The number of hydrogen-bond donors (Lipinski definition) is 2. The molecule has 1 aromatic rings. The summed E-state index contributed by atoms with van der Waals surface area (Å²) in [7, 11) is 0. The molecule has 0 radical (unpaired) electrons. The van der Waals surface area contributed by atoms with Crippen LogP contribution in [0, 0.1) is 0 Å². The number of amides is 1. The van der Waals surface area contributed by atoms with Gasteiger partial charge in [0.25, 0.3) is 0 Å². The van der Waals surface area contributed by atoms with Gasteiger partial charge in [-0.15, -0.1) is 0 Å². The van der Waals surface area contributed by atoms with Crippen LogP contribution in [0.5, 0.6) is 0 Å². The largest absolute Gasteiger partial charge is 0.465 e. The van der Waals surface area contributed by atoms with Crippen molar-refractivity contribution in [3.05, 3.63) is 34.3 Å². The van der Waals surface area contributed by atoms with E-state index in [0.717, 1.165) is 10.0 Å². The van der Waals surface area contributed by atoms with Crippen LogP contribution in [0.4, 0.5) is 4.79 Å². The van der Waals surface area contributed by atoms with Gasteiger partial charge in [-0.1, -0.05) is 28.1 Å². The van der Waals surface area contributed by atoms with Crippen molar-refractivity contribution in [1.29, 1.82) is 0 Å². The van der Waals surface area contributed by atoms with Crippen LogP contribution >= 0.6 is 15.9 Å². The smallest absolute Gasteiger partial charge is 0.407 e. The third kappa shape index (κ3) is 3.68. The van der Waals surface area contributed by atoms with Gasteiger partial charge in [-0.05, 0) is 24.1 Å². The van der Waals surface area contributed by atoms with E-state index in [9.17, 15) is 4.79 Å². The van der Waals surface area contributed by atoms with E-state index in [1.807, 2.05) is 24.3 Å². The molecule has 1 amide bonds. The highest BCUT2D eigenvalue weighted by Crippen LogP contribution is 2.21. The second kappa shape index (κ2) is 6.36. The summed E-state index contributed by atoms with van der Waals surface area (Å²) >= 11 is 3.36. The molecule has 1 aliphatic heterocycles. The van der Waals surface area contributed by atoms with Crippen LogP contribution in [0.2, 0.25) is 0 Å². The third-order valence-corrected chi connectivity index (χ3v) is 3.76. The van der Waals surface area contributed by atoms with Gasteiger partial charge in [0.1, 0.15) is 0 Å². The molecule has 0 aliphatic carbocycles. The highest BCUT2D eigenvalue weighted by molar-refractivity contribution is 9.10. The third-order valence-electron chi connectivity index (χ3n) is 3.23. The molecule has 1 saturated heterocycles. The predicted octanol–water partition coefficient (Wildman–Crippen LogP) is 2.08. The molecule has 1 heterocycles. The van der Waals surface area contributed by atoms with Crippen LogP contribution in [0.1, 0.15) is 12.0 Å². The Morgan fingerprint density at radius 2 is 2.11 bits per heavy atom. The minimum atomic E-state index is -1.01. The number of ether oxygens (including phenoxy) is 1. The van der Waals surface area contributed by atoms with Crippen LogP contribution in [-0.4, -0.2) is 46.5 Å². The molecular weight excluding hydrogens is 314 g/mol. The van der Waals surface area contributed by atoms with E-state index in [1.54, 1.807) is 0 Å². The Bertz CT molecular complexity index is 437. The average molecular weight is 330 g/mol. The lowest BCUT2D eigenvalue weighted by atomic mass is 10.2. The van der Waals surface area contributed by atoms with Gasteiger partial charge in [-0.3, -0.25) is 0 Å². The van der Waals surface area contributed by atoms with E-state index < -0.39 is 6.09 Å². The Labute approximate surface area is 119 Å². The Morgan fingerprint density at radius 1 is 1.42 bits per heavy atom. The van der Waals surface area contributed by atoms with Crippen molar-refractivity contribution in [3.63, 3.8) is 0 Å². The summed E-state index contributed by atoms with van der Waals surface area (Å²) in [5, 5.41) is 18.2. The first kappa shape index (κ1) is 14.3. The topological polar surface area (TPSA) is 70.0 Å².